The summed E-state index contributed by atoms with van der Waals surface area (Å²) in [6.07, 6.45) is -0.457. The molecule has 8 nitrogen and oxygen atoms in total. The summed E-state index contributed by atoms with van der Waals surface area (Å²) in [6, 6.07) is 5.54. The van der Waals surface area contributed by atoms with Gasteiger partial charge in [0.1, 0.15) is 0 Å². The Morgan fingerprint density at radius 3 is 2.96 bits per heavy atom. The average molecular weight is 374 g/mol. The number of amides is 1. The second-order valence-electron chi connectivity index (χ2n) is 6.31. The first-order valence-electron chi connectivity index (χ1n) is 8.37. The largest absolute Gasteiger partial charge is 0.365 e. The molecular weight excluding hydrogens is 356 g/mol. The van der Waals surface area contributed by atoms with E-state index in [1.54, 1.807) is 11.0 Å². The maximum atomic E-state index is 12.7. The van der Waals surface area contributed by atoms with E-state index in [9.17, 15) is 4.79 Å². The molecule has 26 heavy (non-hydrogen) atoms. The lowest BCUT2D eigenvalue weighted by molar-refractivity contribution is -0.0376. The van der Waals surface area contributed by atoms with E-state index in [4.69, 9.17) is 13.8 Å². The van der Waals surface area contributed by atoms with Gasteiger partial charge in [-0.25, -0.2) is 0 Å². The lowest BCUT2D eigenvalue weighted by Gasteiger charge is -2.30. The van der Waals surface area contributed by atoms with E-state index in [0.717, 1.165) is 10.6 Å². The molecule has 0 spiro atoms. The molecule has 9 heteroatoms. The third-order valence-electron chi connectivity index (χ3n) is 4.14. The minimum atomic E-state index is -0.457. The van der Waals surface area contributed by atoms with Crippen molar-refractivity contribution in [2.45, 2.75) is 25.9 Å². The molecule has 1 aliphatic rings. The fraction of sp³-hybridized carbons (Fsp3) is 0.412. The number of hydrogen-bond acceptors (Lipinski definition) is 8. The van der Waals surface area contributed by atoms with Gasteiger partial charge in [0.2, 0.25) is 11.6 Å². The highest BCUT2D eigenvalue weighted by Gasteiger charge is 2.31. The van der Waals surface area contributed by atoms with E-state index in [2.05, 4.69) is 15.3 Å². The van der Waals surface area contributed by atoms with Crippen LogP contribution < -0.4 is 0 Å². The van der Waals surface area contributed by atoms with Crippen molar-refractivity contribution < 1.29 is 18.6 Å². The molecular formula is C17H18N4O4S. The van der Waals surface area contributed by atoms with Crippen LogP contribution in [-0.2, 0) is 4.74 Å². The van der Waals surface area contributed by atoms with Crippen LogP contribution in [0.2, 0.25) is 0 Å². The molecule has 0 aromatic carbocycles. The molecule has 0 N–H and O–H groups in total. The molecule has 0 bridgehead atoms. The smallest absolute Gasteiger partial charge is 0.292 e. The van der Waals surface area contributed by atoms with Gasteiger partial charge in [-0.05, 0) is 17.4 Å². The van der Waals surface area contributed by atoms with Crippen LogP contribution in [0.4, 0.5) is 0 Å². The molecule has 136 valence electrons. The predicted molar refractivity (Wildman–Crippen MR) is 92.8 cm³/mol. The van der Waals surface area contributed by atoms with Gasteiger partial charge in [0.25, 0.3) is 11.8 Å². The summed E-state index contributed by atoms with van der Waals surface area (Å²) in [5.41, 5.74) is 0.760. The lowest BCUT2D eigenvalue weighted by Crippen LogP contribution is -2.42. The number of ether oxygens (including phenoxy) is 1. The van der Waals surface area contributed by atoms with Crippen molar-refractivity contribution in [3.05, 3.63) is 40.9 Å². The summed E-state index contributed by atoms with van der Waals surface area (Å²) in [5.74, 6) is 1.12. The number of carbonyl (C=O) groups excluding carboxylic acids is 1. The minimum Gasteiger partial charge on any atom is -0.365 e. The molecule has 1 aliphatic heterocycles. The molecule has 1 saturated heterocycles. The zero-order valence-electron chi connectivity index (χ0n) is 14.4. The topological polar surface area (TPSA) is 94.5 Å². The fourth-order valence-corrected chi connectivity index (χ4v) is 3.32. The van der Waals surface area contributed by atoms with Gasteiger partial charge < -0.3 is 18.7 Å². The molecule has 3 aromatic heterocycles. The third-order valence-corrected chi connectivity index (χ3v) is 5.01. The maximum Gasteiger partial charge on any atom is 0.292 e. The monoisotopic (exact) mass is 374 g/mol. The Morgan fingerprint density at radius 2 is 2.23 bits per heavy atom. The van der Waals surface area contributed by atoms with Gasteiger partial charge in [-0.2, -0.15) is 4.98 Å². The number of hydrogen-bond donors (Lipinski definition) is 0. The normalized spacial score (nSPS) is 17.8. The minimum absolute atomic E-state index is 0.201. The third kappa shape index (κ3) is 3.27. The number of rotatable bonds is 4. The molecule has 4 rings (SSSR count). The molecule has 0 aliphatic carbocycles. The van der Waals surface area contributed by atoms with E-state index < -0.39 is 6.10 Å². The SMILES string of the molecule is CC(C)c1cc(C(=O)N2CCO[C@H](c3nc(-c4cccs4)no3)C2)on1. The second-order valence-corrected chi connectivity index (χ2v) is 7.26. The highest BCUT2D eigenvalue weighted by atomic mass is 32.1. The van der Waals surface area contributed by atoms with Gasteiger partial charge >= 0.3 is 0 Å². The van der Waals surface area contributed by atoms with E-state index in [0.29, 0.717) is 31.4 Å². The van der Waals surface area contributed by atoms with Gasteiger partial charge in [-0.3, -0.25) is 4.79 Å². The van der Waals surface area contributed by atoms with Crippen LogP contribution in [-0.4, -0.2) is 45.8 Å². The molecule has 1 fully saturated rings. The lowest BCUT2D eigenvalue weighted by atomic mass is 10.1. The number of carbonyl (C=O) groups is 1. The first-order valence-corrected chi connectivity index (χ1v) is 9.24. The van der Waals surface area contributed by atoms with Crippen LogP contribution in [0.15, 0.2) is 32.6 Å². The summed E-state index contributed by atoms with van der Waals surface area (Å²) in [5, 5.41) is 9.89. The Labute approximate surface area is 153 Å². The fourth-order valence-electron chi connectivity index (χ4n) is 2.67. The van der Waals surface area contributed by atoms with Gasteiger partial charge in [-0.1, -0.05) is 30.2 Å². The Bertz CT molecular complexity index is 886. The molecule has 1 atom stereocenters. The molecule has 0 saturated carbocycles. The first kappa shape index (κ1) is 16.9. The van der Waals surface area contributed by atoms with Gasteiger partial charge in [-0.15, -0.1) is 11.3 Å². The number of nitrogens with zero attached hydrogens (tertiary/aromatic N) is 4. The zero-order valence-corrected chi connectivity index (χ0v) is 15.2. The van der Waals surface area contributed by atoms with Crippen molar-refractivity contribution in [1.82, 2.24) is 20.2 Å². The van der Waals surface area contributed by atoms with E-state index in [-0.39, 0.29) is 17.6 Å². The van der Waals surface area contributed by atoms with Crippen LogP contribution >= 0.6 is 11.3 Å². The van der Waals surface area contributed by atoms with Crippen molar-refractivity contribution >= 4 is 17.2 Å². The van der Waals surface area contributed by atoms with E-state index in [1.807, 2.05) is 31.4 Å². The summed E-state index contributed by atoms with van der Waals surface area (Å²) in [6.45, 7) is 5.18. The highest BCUT2D eigenvalue weighted by Crippen LogP contribution is 2.27. The van der Waals surface area contributed by atoms with Crippen molar-refractivity contribution in [3.8, 4) is 10.7 Å². The van der Waals surface area contributed by atoms with Crippen molar-refractivity contribution in [2.24, 2.45) is 0 Å². The molecule has 1 amide bonds. The van der Waals surface area contributed by atoms with Gasteiger partial charge in [0.15, 0.2) is 6.10 Å². The quantitative estimate of drug-likeness (QED) is 0.692. The van der Waals surface area contributed by atoms with Crippen LogP contribution in [0, 0.1) is 0 Å². The van der Waals surface area contributed by atoms with Crippen LogP contribution in [0.25, 0.3) is 10.7 Å². The van der Waals surface area contributed by atoms with Crippen molar-refractivity contribution in [2.75, 3.05) is 19.7 Å². The van der Waals surface area contributed by atoms with Crippen molar-refractivity contribution in [1.29, 1.82) is 0 Å². The summed E-state index contributed by atoms with van der Waals surface area (Å²) >= 11 is 1.53. The number of aromatic nitrogens is 3. The summed E-state index contributed by atoms with van der Waals surface area (Å²) < 4.78 is 16.3. The molecule has 0 radical (unpaired) electrons. The zero-order chi connectivity index (χ0) is 18.1. The predicted octanol–water partition coefficient (Wildman–Crippen LogP) is 3.12. The number of thiophene rings is 1. The Balaban J connectivity index is 1.48. The van der Waals surface area contributed by atoms with E-state index >= 15 is 0 Å². The maximum absolute atomic E-state index is 12.7. The summed E-state index contributed by atoms with van der Waals surface area (Å²) in [7, 11) is 0. The second kappa shape index (κ2) is 7.00. The standard InChI is InChI=1S/C17H18N4O4S/c1-10(2)11-8-12(24-19-11)17(22)21-5-6-23-13(9-21)16-18-15(20-25-16)14-4-3-7-26-14/h3-4,7-8,10,13H,5-6,9H2,1-2H3/t13-/m0/s1. The van der Waals surface area contributed by atoms with Gasteiger partial charge in [0, 0.05) is 12.6 Å². The average Bonchev–Trinajstić information content (AvgIpc) is 3.42. The van der Waals surface area contributed by atoms with Gasteiger partial charge in [0.05, 0.1) is 23.7 Å². The Kier molecular flexibility index (Phi) is 4.56. The van der Waals surface area contributed by atoms with Crippen molar-refractivity contribution in [3.63, 3.8) is 0 Å². The van der Waals surface area contributed by atoms with Crippen LogP contribution in [0.5, 0.6) is 0 Å². The first-order chi connectivity index (χ1) is 12.6. The Hall–Kier alpha value is -2.52. The Morgan fingerprint density at radius 1 is 1.35 bits per heavy atom. The highest BCUT2D eigenvalue weighted by molar-refractivity contribution is 7.13. The van der Waals surface area contributed by atoms with E-state index in [1.165, 1.54) is 11.3 Å². The van der Waals surface area contributed by atoms with Crippen LogP contribution in [0.1, 0.15) is 48.0 Å². The summed E-state index contributed by atoms with van der Waals surface area (Å²) in [4.78, 5) is 19.7. The molecule has 3 aromatic rings. The molecule has 4 heterocycles. The van der Waals surface area contributed by atoms with Crippen LogP contribution in [0.3, 0.4) is 0 Å². The molecule has 0 unspecified atom stereocenters. The number of morpholine rings is 1.